The largest absolute Gasteiger partial charge is 0.497 e. The number of rotatable bonds is 7. The lowest BCUT2D eigenvalue weighted by Crippen LogP contribution is -2.16. The van der Waals surface area contributed by atoms with Crippen molar-refractivity contribution in [1.82, 2.24) is 0 Å². The second-order valence-electron chi connectivity index (χ2n) is 3.69. The van der Waals surface area contributed by atoms with Crippen molar-refractivity contribution in [3.8, 4) is 11.5 Å². The van der Waals surface area contributed by atoms with Crippen molar-refractivity contribution in [1.29, 1.82) is 0 Å². The lowest BCUT2D eigenvalue weighted by atomic mass is 10.2. The third-order valence-corrected chi connectivity index (χ3v) is 4.46. The third-order valence-electron chi connectivity index (χ3n) is 2.50. The van der Waals surface area contributed by atoms with E-state index in [2.05, 4.69) is 0 Å². The first kappa shape index (κ1) is 15.1. The Bertz CT molecular complexity index is 485. The first-order valence-electron chi connectivity index (χ1n) is 5.58. The Morgan fingerprint density at radius 3 is 2.61 bits per heavy atom. The van der Waals surface area contributed by atoms with Crippen molar-refractivity contribution >= 4 is 21.4 Å². The number of ether oxygens (including phenoxy) is 2. The van der Waals surface area contributed by atoms with E-state index in [1.807, 2.05) is 0 Å². The Kier molecular flexibility index (Phi) is 5.75. The fourth-order valence-electron chi connectivity index (χ4n) is 1.35. The van der Waals surface area contributed by atoms with Gasteiger partial charge in [0, 0.05) is 11.3 Å². The maximum Gasteiger partial charge on any atom is 0.153 e. The molecule has 4 nitrogen and oxygen atoms in total. The highest BCUT2D eigenvalue weighted by atomic mass is 35.5. The van der Waals surface area contributed by atoms with Gasteiger partial charge in [0.25, 0.3) is 0 Å². The van der Waals surface area contributed by atoms with Crippen molar-refractivity contribution in [3.05, 3.63) is 23.8 Å². The number of alkyl halides is 1. The Morgan fingerprint density at radius 1 is 1.33 bits per heavy atom. The molecule has 0 unspecified atom stereocenters. The van der Waals surface area contributed by atoms with Gasteiger partial charge in [-0.2, -0.15) is 0 Å². The van der Waals surface area contributed by atoms with Crippen molar-refractivity contribution in [2.75, 3.05) is 25.2 Å². The van der Waals surface area contributed by atoms with Gasteiger partial charge < -0.3 is 9.47 Å². The molecule has 0 aliphatic heterocycles. The highest BCUT2D eigenvalue weighted by molar-refractivity contribution is 7.91. The second kappa shape index (κ2) is 6.85. The topological polar surface area (TPSA) is 52.6 Å². The van der Waals surface area contributed by atoms with Crippen LogP contribution in [0.2, 0.25) is 0 Å². The van der Waals surface area contributed by atoms with E-state index in [1.165, 1.54) is 0 Å². The van der Waals surface area contributed by atoms with Crippen molar-refractivity contribution < 1.29 is 17.9 Å². The van der Waals surface area contributed by atoms with Crippen LogP contribution in [0.4, 0.5) is 0 Å². The number of halogens is 1. The van der Waals surface area contributed by atoms with E-state index in [0.29, 0.717) is 11.5 Å². The molecule has 102 valence electrons. The number of hydrogen-bond acceptors (Lipinski definition) is 4. The Balaban J connectivity index is 2.67. The van der Waals surface area contributed by atoms with Crippen LogP contribution < -0.4 is 9.47 Å². The van der Waals surface area contributed by atoms with Gasteiger partial charge in [0.2, 0.25) is 0 Å². The van der Waals surface area contributed by atoms with Gasteiger partial charge in [-0.3, -0.25) is 0 Å². The molecule has 6 heteroatoms. The lowest BCUT2D eigenvalue weighted by Gasteiger charge is -2.11. The Labute approximate surface area is 113 Å². The van der Waals surface area contributed by atoms with Gasteiger partial charge in [-0.25, -0.2) is 8.42 Å². The zero-order chi connectivity index (χ0) is 13.6. The minimum atomic E-state index is -3.00. The number of benzene rings is 1. The van der Waals surface area contributed by atoms with Crippen molar-refractivity contribution in [3.63, 3.8) is 0 Å². The van der Waals surface area contributed by atoms with Crippen LogP contribution in [-0.2, 0) is 15.7 Å². The molecule has 0 aliphatic rings. The highest BCUT2D eigenvalue weighted by Gasteiger charge is 2.09. The molecule has 0 atom stereocenters. The van der Waals surface area contributed by atoms with E-state index in [0.717, 1.165) is 5.56 Å². The van der Waals surface area contributed by atoms with Crippen LogP contribution in [0.3, 0.4) is 0 Å². The summed E-state index contributed by atoms with van der Waals surface area (Å²) < 4.78 is 33.2. The third kappa shape index (κ3) is 4.38. The lowest BCUT2D eigenvalue weighted by molar-refractivity contribution is 0.337. The van der Waals surface area contributed by atoms with E-state index in [1.54, 1.807) is 32.2 Å². The maximum atomic E-state index is 11.3. The van der Waals surface area contributed by atoms with E-state index in [-0.39, 0.29) is 24.0 Å². The van der Waals surface area contributed by atoms with Crippen LogP contribution in [0.5, 0.6) is 11.5 Å². The minimum Gasteiger partial charge on any atom is -0.497 e. The molecule has 0 amide bonds. The van der Waals surface area contributed by atoms with Gasteiger partial charge in [-0.05, 0) is 18.2 Å². The van der Waals surface area contributed by atoms with Crippen LogP contribution in [0.25, 0.3) is 0 Å². The zero-order valence-electron chi connectivity index (χ0n) is 10.5. The molecule has 0 N–H and O–H groups in total. The molecule has 1 rings (SSSR count). The van der Waals surface area contributed by atoms with Gasteiger partial charge in [0.1, 0.15) is 18.1 Å². The predicted molar refractivity (Wildman–Crippen MR) is 72.4 cm³/mol. The summed E-state index contributed by atoms with van der Waals surface area (Å²) >= 11 is 5.80. The van der Waals surface area contributed by atoms with Gasteiger partial charge >= 0.3 is 0 Å². The summed E-state index contributed by atoms with van der Waals surface area (Å²) in [6, 6.07) is 5.26. The first-order chi connectivity index (χ1) is 8.52. The van der Waals surface area contributed by atoms with Gasteiger partial charge in [-0.15, -0.1) is 11.6 Å². The average molecular weight is 293 g/mol. The molecular weight excluding hydrogens is 276 g/mol. The summed E-state index contributed by atoms with van der Waals surface area (Å²) in [5.41, 5.74) is 0.782. The maximum absolute atomic E-state index is 11.3. The summed E-state index contributed by atoms with van der Waals surface area (Å²) in [5.74, 6) is 1.71. The number of sulfone groups is 1. The van der Waals surface area contributed by atoms with E-state index < -0.39 is 9.84 Å². The van der Waals surface area contributed by atoms with Crippen LogP contribution >= 0.6 is 11.6 Å². The molecule has 0 aliphatic carbocycles. The molecule has 1 aromatic rings. The standard InChI is InChI=1S/C12H17ClO4S/c1-3-18(14,15)7-6-17-12-5-4-11(16-2)8-10(12)9-13/h4-5,8H,3,6-7,9H2,1-2H3. The van der Waals surface area contributed by atoms with Gasteiger partial charge in [-0.1, -0.05) is 6.92 Å². The SMILES string of the molecule is CCS(=O)(=O)CCOc1ccc(OC)cc1CCl. The molecule has 0 saturated carbocycles. The fourth-order valence-corrected chi connectivity index (χ4v) is 2.19. The number of hydrogen-bond donors (Lipinski definition) is 0. The molecule has 1 aromatic carbocycles. The molecular formula is C12H17ClO4S. The van der Waals surface area contributed by atoms with E-state index in [9.17, 15) is 8.42 Å². The smallest absolute Gasteiger partial charge is 0.153 e. The number of methoxy groups -OCH3 is 1. The Morgan fingerprint density at radius 2 is 2.06 bits per heavy atom. The van der Waals surface area contributed by atoms with Crippen molar-refractivity contribution in [2.45, 2.75) is 12.8 Å². The van der Waals surface area contributed by atoms with Crippen LogP contribution in [-0.4, -0.2) is 33.6 Å². The molecule has 0 aromatic heterocycles. The summed E-state index contributed by atoms with van der Waals surface area (Å²) in [5, 5.41) is 0. The zero-order valence-corrected chi connectivity index (χ0v) is 12.1. The van der Waals surface area contributed by atoms with E-state index in [4.69, 9.17) is 21.1 Å². The predicted octanol–water partition coefficient (Wildman–Crippen LogP) is 2.25. The van der Waals surface area contributed by atoms with E-state index >= 15 is 0 Å². The summed E-state index contributed by atoms with van der Waals surface area (Å²) in [7, 11) is -1.43. The normalized spacial score (nSPS) is 11.3. The summed E-state index contributed by atoms with van der Waals surface area (Å²) in [6.07, 6.45) is 0. The molecule has 0 saturated heterocycles. The monoisotopic (exact) mass is 292 g/mol. The molecule has 0 fully saturated rings. The Hall–Kier alpha value is -0.940. The fraction of sp³-hybridized carbons (Fsp3) is 0.500. The summed E-state index contributed by atoms with van der Waals surface area (Å²) in [6.45, 7) is 1.75. The molecule has 0 spiro atoms. The molecule has 0 bridgehead atoms. The van der Waals surface area contributed by atoms with Gasteiger partial charge in [0.15, 0.2) is 9.84 Å². The van der Waals surface area contributed by atoms with Crippen LogP contribution in [0.15, 0.2) is 18.2 Å². The van der Waals surface area contributed by atoms with Gasteiger partial charge in [0.05, 0.1) is 18.7 Å². The minimum absolute atomic E-state index is 0.0112. The molecule has 0 heterocycles. The summed E-state index contributed by atoms with van der Waals surface area (Å²) in [4.78, 5) is 0. The first-order valence-corrected chi connectivity index (χ1v) is 7.94. The van der Waals surface area contributed by atoms with Crippen molar-refractivity contribution in [2.24, 2.45) is 0 Å². The average Bonchev–Trinajstić information content (AvgIpc) is 2.38. The van der Waals surface area contributed by atoms with Crippen LogP contribution in [0.1, 0.15) is 12.5 Å². The van der Waals surface area contributed by atoms with Crippen LogP contribution in [0, 0.1) is 0 Å². The quantitative estimate of drug-likeness (QED) is 0.723. The second-order valence-corrected chi connectivity index (χ2v) is 6.43. The highest BCUT2D eigenvalue weighted by Crippen LogP contribution is 2.25. The molecule has 0 radical (unpaired) electrons. The molecule has 18 heavy (non-hydrogen) atoms.